The number of rotatable bonds is 5. The first kappa shape index (κ1) is 16.4. The molecular weight excluding hydrogens is 333 g/mol. The van der Waals surface area contributed by atoms with Crippen molar-refractivity contribution in [2.75, 3.05) is 26.2 Å². The van der Waals surface area contributed by atoms with Crippen LogP contribution in [0.1, 0.15) is 25.3 Å². The molecule has 1 aliphatic heterocycles. The van der Waals surface area contributed by atoms with Crippen LogP contribution >= 0.6 is 15.9 Å². The molecule has 2 rings (SSSR count). The number of piperazine rings is 1. The Morgan fingerprint density at radius 2 is 2.00 bits per heavy atom. The van der Waals surface area contributed by atoms with Crippen LogP contribution in [0, 0.1) is 17.1 Å². The van der Waals surface area contributed by atoms with E-state index in [1.807, 2.05) is 6.07 Å². The maximum Gasteiger partial charge on any atom is 0.124 e. The van der Waals surface area contributed by atoms with Crippen LogP contribution in [0.25, 0.3) is 0 Å². The minimum absolute atomic E-state index is 0.0421. The highest BCUT2D eigenvalue weighted by Gasteiger charge is 2.23. The Kier molecular flexibility index (Phi) is 6.16. The summed E-state index contributed by atoms with van der Waals surface area (Å²) in [5.74, 6) is -0.203. The van der Waals surface area contributed by atoms with Crippen molar-refractivity contribution in [1.29, 1.82) is 5.26 Å². The summed E-state index contributed by atoms with van der Waals surface area (Å²) in [5.41, 5.74) is 0.987. The molecule has 0 radical (unpaired) electrons. The fraction of sp³-hybridized carbons (Fsp3) is 0.562. The van der Waals surface area contributed by atoms with Crippen molar-refractivity contribution in [2.24, 2.45) is 0 Å². The SMILES string of the molecule is CCCC(C#N)N1CCN(Cc2cc(F)cc(Br)c2)CC1. The maximum absolute atomic E-state index is 13.4. The number of halogens is 2. The van der Waals surface area contributed by atoms with Gasteiger partial charge in [-0.2, -0.15) is 5.26 Å². The van der Waals surface area contributed by atoms with Gasteiger partial charge in [0.2, 0.25) is 0 Å². The highest BCUT2D eigenvalue weighted by Crippen LogP contribution is 2.18. The molecule has 1 aromatic rings. The van der Waals surface area contributed by atoms with Gasteiger partial charge in [-0.25, -0.2) is 4.39 Å². The molecule has 21 heavy (non-hydrogen) atoms. The van der Waals surface area contributed by atoms with Gasteiger partial charge >= 0.3 is 0 Å². The van der Waals surface area contributed by atoms with E-state index in [-0.39, 0.29) is 11.9 Å². The molecular formula is C16H21BrFN3. The second kappa shape index (κ2) is 7.88. The van der Waals surface area contributed by atoms with Gasteiger partial charge < -0.3 is 0 Å². The molecule has 114 valence electrons. The zero-order chi connectivity index (χ0) is 15.2. The highest BCUT2D eigenvalue weighted by atomic mass is 79.9. The lowest BCUT2D eigenvalue weighted by Crippen LogP contribution is -2.49. The van der Waals surface area contributed by atoms with E-state index < -0.39 is 0 Å². The molecule has 1 aliphatic rings. The first-order valence-corrected chi connectivity index (χ1v) is 8.22. The molecule has 0 aliphatic carbocycles. The molecule has 0 saturated carbocycles. The topological polar surface area (TPSA) is 30.3 Å². The minimum atomic E-state index is -0.203. The molecule has 0 N–H and O–H groups in total. The van der Waals surface area contributed by atoms with E-state index in [1.165, 1.54) is 6.07 Å². The first-order valence-electron chi connectivity index (χ1n) is 7.43. The number of benzene rings is 1. The van der Waals surface area contributed by atoms with E-state index in [0.29, 0.717) is 0 Å². The molecule has 1 heterocycles. The van der Waals surface area contributed by atoms with Crippen LogP contribution in [0.3, 0.4) is 0 Å². The average molecular weight is 354 g/mol. The number of nitrogens with zero attached hydrogens (tertiary/aromatic N) is 3. The third-order valence-electron chi connectivity index (χ3n) is 3.89. The standard InChI is InChI=1S/C16H21BrFN3/c1-2-3-16(11-19)21-6-4-20(5-7-21)12-13-8-14(17)10-15(18)9-13/h8-10,16H,2-7,12H2,1H3. The van der Waals surface area contributed by atoms with Crippen molar-refractivity contribution < 1.29 is 4.39 Å². The second-order valence-electron chi connectivity index (χ2n) is 5.52. The number of hydrogen-bond donors (Lipinski definition) is 0. The Balaban J connectivity index is 1.88. The Labute approximate surface area is 134 Å². The normalized spacial score (nSPS) is 18.4. The first-order chi connectivity index (χ1) is 10.1. The van der Waals surface area contributed by atoms with Crippen LogP contribution in [0.15, 0.2) is 22.7 Å². The van der Waals surface area contributed by atoms with Gasteiger partial charge in [0.05, 0.1) is 12.1 Å². The Bertz CT molecular complexity index is 486. The lowest BCUT2D eigenvalue weighted by atomic mass is 10.1. The summed E-state index contributed by atoms with van der Waals surface area (Å²) in [6.07, 6.45) is 1.98. The van der Waals surface area contributed by atoms with Gasteiger partial charge in [-0.3, -0.25) is 9.80 Å². The fourth-order valence-corrected chi connectivity index (χ4v) is 3.31. The largest absolute Gasteiger partial charge is 0.297 e. The number of nitriles is 1. The van der Waals surface area contributed by atoms with Gasteiger partial charge in [-0.15, -0.1) is 0 Å². The Hall–Kier alpha value is -0.960. The zero-order valence-corrected chi connectivity index (χ0v) is 13.9. The fourth-order valence-electron chi connectivity index (χ4n) is 2.80. The molecule has 1 unspecified atom stereocenters. The zero-order valence-electron chi connectivity index (χ0n) is 12.4. The summed E-state index contributed by atoms with van der Waals surface area (Å²) in [6, 6.07) is 7.47. The molecule has 5 heteroatoms. The number of hydrogen-bond acceptors (Lipinski definition) is 3. The van der Waals surface area contributed by atoms with E-state index >= 15 is 0 Å². The van der Waals surface area contributed by atoms with E-state index in [9.17, 15) is 9.65 Å². The lowest BCUT2D eigenvalue weighted by Gasteiger charge is -2.36. The van der Waals surface area contributed by atoms with Crippen molar-refractivity contribution in [3.05, 3.63) is 34.1 Å². The van der Waals surface area contributed by atoms with Gasteiger partial charge in [0.1, 0.15) is 5.82 Å². The van der Waals surface area contributed by atoms with Crippen LogP contribution < -0.4 is 0 Å². The van der Waals surface area contributed by atoms with Gasteiger partial charge in [0.15, 0.2) is 0 Å². The molecule has 0 aromatic heterocycles. The predicted octanol–water partition coefficient (Wildman–Crippen LogP) is 3.40. The van der Waals surface area contributed by atoms with Crippen molar-refractivity contribution >= 4 is 15.9 Å². The molecule has 0 amide bonds. The molecule has 1 atom stereocenters. The molecule has 0 spiro atoms. The summed E-state index contributed by atoms with van der Waals surface area (Å²) < 4.78 is 14.2. The minimum Gasteiger partial charge on any atom is -0.297 e. The summed E-state index contributed by atoms with van der Waals surface area (Å²) in [5, 5.41) is 9.22. The Morgan fingerprint density at radius 3 is 2.57 bits per heavy atom. The van der Waals surface area contributed by atoms with E-state index in [1.54, 1.807) is 6.07 Å². The molecule has 3 nitrogen and oxygen atoms in total. The van der Waals surface area contributed by atoms with Gasteiger partial charge in [0, 0.05) is 37.2 Å². The van der Waals surface area contributed by atoms with Crippen molar-refractivity contribution in [3.8, 4) is 6.07 Å². The summed E-state index contributed by atoms with van der Waals surface area (Å²) in [7, 11) is 0. The van der Waals surface area contributed by atoms with Crippen LogP contribution in [-0.2, 0) is 6.54 Å². The van der Waals surface area contributed by atoms with Crippen molar-refractivity contribution in [3.63, 3.8) is 0 Å². The smallest absolute Gasteiger partial charge is 0.124 e. The van der Waals surface area contributed by atoms with Crippen LogP contribution in [0.4, 0.5) is 4.39 Å². The average Bonchev–Trinajstić information content (AvgIpc) is 2.45. The summed E-state index contributed by atoms with van der Waals surface area (Å²) >= 11 is 3.33. The third-order valence-corrected chi connectivity index (χ3v) is 4.35. The van der Waals surface area contributed by atoms with E-state index in [2.05, 4.69) is 38.7 Å². The van der Waals surface area contributed by atoms with E-state index in [4.69, 9.17) is 0 Å². The van der Waals surface area contributed by atoms with Crippen LogP contribution in [-0.4, -0.2) is 42.0 Å². The highest BCUT2D eigenvalue weighted by molar-refractivity contribution is 9.10. The van der Waals surface area contributed by atoms with Crippen LogP contribution in [0.2, 0.25) is 0 Å². The quantitative estimate of drug-likeness (QED) is 0.812. The van der Waals surface area contributed by atoms with Crippen molar-refractivity contribution in [1.82, 2.24) is 9.80 Å². The monoisotopic (exact) mass is 353 g/mol. The second-order valence-corrected chi connectivity index (χ2v) is 6.44. The predicted molar refractivity (Wildman–Crippen MR) is 85.3 cm³/mol. The summed E-state index contributed by atoms with van der Waals surface area (Å²) in [6.45, 7) is 6.55. The van der Waals surface area contributed by atoms with Crippen LogP contribution in [0.5, 0.6) is 0 Å². The van der Waals surface area contributed by atoms with Gasteiger partial charge in [-0.05, 0) is 30.2 Å². The molecule has 1 saturated heterocycles. The molecule has 1 fully saturated rings. The molecule has 1 aromatic carbocycles. The van der Waals surface area contributed by atoms with Gasteiger partial charge in [-0.1, -0.05) is 29.3 Å². The Morgan fingerprint density at radius 1 is 1.29 bits per heavy atom. The van der Waals surface area contributed by atoms with E-state index in [0.717, 1.165) is 55.6 Å². The van der Waals surface area contributed by atoms with Crippen molar-refractivity contribution in [2.45, 2.75) is 32.4 Å². The molecule has 0 bridgehead atoms. The third kappa shape index (κ3) is 4.77. The van der Waals surface area contributed by atoms with Gasteiger partial charge in [0.25, 0.3) is 0 Å². The summed E-state index contributed by atoms with van der Waals surface area (Å²) in [4.78, 5) is 4.58. The maximum atomic E-state index is 13.4. The lowest BCUT2D eigenvalue weighted by molar-refractivity contribution is 0.106.